The van der Waals surface area contributed by atoms with E-state index in [1.807, 2.05) is 12.1 Å². The molecule has 6 nitrogen and oxygen atoms in total. The highest BCUT2D eigenvalue weighted by Crippen LogP contribution is 2.34. The van der Waals surface area contributed by atoms with Crippen molar-refractivity contribution in [3.63, 3.8) is 0 Å². The van der Waals surface area contributed by atoms with Crippen molar-refractivity contribution in [2.75, 3.05) is 11.9 Å². The molecule has 36 heavy (non-hydrogen) atoms. The van der Waals surface area contributed by atoms with Gasteiger partial charge in [-0.15, -0.1) is 0 Å². The lowest BCUT2D eigenvalue weighted by atomic mass is 10.2. The van der Waals surface area contributed by atoms with Crippen molar-refractivity contribution in [2.24, 2.45) is 0 Å². The second-order valence-electron chi connectivity index (χ2n) is 7.55. The standard InChI is InChI=1S/C25H16BrClF2N2O4S/c26-18-9-15(3-8-21(18)35-13-14-1-4-16(27)5-2-14)10-22-24(33)31(25(34)36-22)12-23(32)30-20-7-6-17(28)11-19(20)29/h1-11H,12-13H2,(H,30,32)/b22-10+. The summed E-state index contributed by atoms with van der Waals surface area (Å²) in [6, 6.07) is 15.1. The van der Waals surface area contributed by atoms with Gasteiger partial charge in [-0.3, -0.25) is 19.3 Å². The van der Waals surface area contributed by atoms with E-state index >= 15 is 0 Å². The first-order valence-corrected chi connectivity index (χ1v) is 12.4. The second kappa shape index (κ2) is 11.2. The largest absolute Gasteiger partial charge is 0.488 e. The van der Waals surface area contributed by atoms with Gasteiger partial charge in [-0.05, 0) is 81.3 Å². The maximum absolute atomic E-state index is 13.8. The summed E-state index contributed by atoms with van der Waals surface area (Å²) in [5.74, 6) is -2.63. The van der Waals surface area contributed by atoms with Gasteiger partial charge in [-0.2, -0.15) is 0 Å². The second-order valence-corrected chi connectivity index (χ2v) is 9.83. The third kappa shape index (κ3) is 6.31. The average molecular weight is 594 g/mol. The van der Waals surface area contributed by atoms with Crippen molar-refractivity contribution >= 4 is 68.1 Å². The van der Waals surface area contributed by atoms with Crippen LogP contribution >= 0.6 is 39.3 Å². The SMILES string of the molecule is O=C(CN1C(=O)S/C(=C/c2ccc(OCc3ccc(Cl)cc3)c(Br)c2)C1=O)Nc1ccc(F)cc1F. The Bertz CT molecular complexity index is 1380. The van der Waals surface area contributed by atoms with Gasteiger partial charge in [0.15, 0.2) is 0 Å². The smallest absolute Gasteiger partial charge is 0.294 e. The maximum atomic E-state index is 13.8. The van der Waals surface area contributed by atoms with Crippen LogP contribution in [0.1, 0.15) is 11.1 Å². The molecule has 1 aliphatic rings. The Balaban J connectivity index is 1.40. The molecule has 0 radical (unpaired) electrons. The lowest BCUT2D eigenvalue weighted by Crippen LogP contribution is -2.36. The molecule has 1 saturated heterocycles. The van der Waals surface area contributed by atoms with E-state index in [9.17, 15) is 23.2 Å². The number of carbonyl (C=O) groups is 3. The summed E-state index contributed by atoms with van der Waals surface area (Å²) in [5, 5.41) is 2.23. The summed E-state index contributed by atoms with van der Waals surface area (Å²) in [5.41, 5.74) is 1.31. The minimum atomic E-state index is -0.969. The molecule has 1 fully saturated rings. The Labute approximate surface area is 222 Å². The van der Waals surface area contributed by atoms with Gasteiger partial charge < -0.3 is 10.1 Å². The molecule has 0 bridgehead atoms. The van der Waals surface area contributed by atoms with Gasteiger partial charge in [0.25, 0.3) is 11.1 Å². The zero-order valence-corrected chi connectivity index (χ0v) is 21.4. The van der Waals surface area contributed by atoms with Gasteiger partial charge in [0.05, 0.1) is 15.1 Å². The van der Waals surface area contributed by atoms with Gasteiger partial charge in [-0.25, -0.2) is 8.78 Å². The molecule has 1 aliphatic heterocycles. The summed E-state index contributed by atoms with van der Waals surface area (Å²) in [6.07, 6.45) is 1.52. The van der Waals surface area contributed by atoms with E-state index in [0.29, 0.717) is 45.2 Å². The number of amides is 3. The topological polar surface area (TPSA) is 75.7 Å². The molecule has 0 aromatic heterocycles. The number of carbonyl (C=O) groups excluding carboxylic acids is 3. The maximum Gasteiger partial charge on any atom is 0.294 e. The van der Waals surface area contributed by atoms with Crippen LogP contribution < -0.4 is 10.1 Å². The van der Waals surface area contributed by atoms with Crippen LogP contribution in [0.5, 0.6) is 5.75 Å². The fraction of sp³-hybridized carbons (Fsp3) is 0.0800. The Morgan fingerprint density at radius 1 is 1.08 bits per heavy atom. The number of anilines is 1. The van der Waals surface area contributed by atoms with Crippen LogP contribution in [0.2, 0.25) is 5.02 Å². The molecule has 0 spiro atoms. The predicted octanol–water partition coefficient (Wildman–Crippen LogP) is 6.63. The van der Waals surface area contributed by atoms with Gasteiger partial charge >= 0.3 is 0 Å². The Morgan fingerprint density at radius 3 is 2.53 bits per heavy atom. The molecular weight excluding hydrogens is 578 g/mol. The molecule has 4 rings (SSSR count). The summed E-state index contributed by atoms with van der Waals surface area (Å²) >= 11 is 10.0. The molecule has 184 valence electrons. The van der Waals surface area contributed by atoms with Crippen molar-refractivity contribution in [1.82, 2.24) is 4.90 Å². The van der Waals surface area contributed by atoms with Crippen LogP contribution in [0.3, 0.4) is 0 Å². The van der Waals surface area contributed by atoms with Crippen LogP contribution in [0.25, 0.3) is 6.08 Å². The van der Waals surface area contributed by atoms with Gasteiger partial charge in [-0.1, -0.05) is 29.8 Å². The fourth-order valence-corrected chi connectivity index (χ4v) is 4.65. The number of hydrogen-bond donors (Lipinski definition) is 1. The molecule has 3 amide bonds. The number of nitrogens with one attached hydrogen (secondary N) is 1. The predicted molar refractivity (Wildman–Crippen MR) is 138 cm³/mol. The zero-order valence-electron chi connectivity index (χ0n) is 18.3. The highest BCUT2D eigenvalue weighted by atomic mass is 79.9. The number of ether oxygens (including phenoxy) is 1. The number of imide groups is 1. The number of halogens is 4. The number of hydrogen-bond acceptors (Lipinski definition) is 5. The first-order chi connectivity index (χ1) is 17.2. The van der Waals surface area contributed by atoms with Crippen LogP contribution in [-0.2, 0) is 16.2 Å². The molecular formula is C25H16BrClF2N2O4S. The zero-order chi connectivity index (χ0) is 25.8. The molecule has 3 aromatic carbocycles. The van der Waals surface area contributed by atoms with E-state index in [0.717, 1.165) is 22.6 Å². The van der Waals surface area contributed by atoms with Crippen LogP contribution in [0, 0.1) is 11.6 Å². The number of benzene rings is 3. The van der Waals surface area contributed by atoms with Crippen LogP contribution in [0.15, 0.2) is 70.0 Å². The summed E-state index contributed by atoms with van der Waals surface area (Å²) < 4.78 is 33.2. The first kappa shape index (κ1) is 25.9. The molecule has 0 atom stereocenters. The Kier molecular flexibility index (Phi) is 8.07. The summed E-state index contributed by atoms with van der Waals surface area (Å²) in [6.45, 7) is -0.280. The molecule has 11 heteroatoms. The fourth-order valence-electron chi connectivity index (χ4n) is 3.18. The van der Waals surface area contributed by atoms with Crippen molar-refractivity contribution in [3.8, 4) is 5.75 Å². The van der Waals surface area contributed by atoms with E-state index < -0.39 is 35.2 Å². The van der Waals surface area contributed by atoms with Crippen molar-refractivity contribution in [1.29, 1.82) is 0 Å². The Morgan fingerprint density at radius 2 is 1.83 bits per heavy atom. The van der Waals surface area contributed by atoms with Crippen molar-refractivity contribution in [2.45, 2.75) is 6.61 Å². The molecule has 1 heterocycles. The minimum absolute atomic E-state index is 0.127. The van der Waals surface area contributed by atoms with Crippen LogP contribution in [0.4, 0.5) is 19.3 Å². The van der Waals surface area contributed by atoms with E-state index in [4.69, 9.17) is 16.3 Å². The number of nitrogens with zero attached hydrogens (tertiary/aromatic N) is 1. The van der Waals surface area contributed by atoms with E-state index in [-0.39, 0.29) is 10.6 Å². The van der Waals surface area contributed by atoms with E-state index in [2.05, 4.69) is 21.2 Å². The van der Waals surface area contributed by atoms with Crippen molar-refractivity contribution in [3.05, 3.63) is 97.8 Å². The molecule has 0 unspecified atom stereocenters. The lowest BCUT2D eigenvalue weighted by molar-refractivity contribution is -0.127. The third-order valence-electron chi connectivity index (χ3n) is 4.94. The molecule has 3 aromatic rings. The summed E-state index contributed by atoms with van der Waals surface area (Å²) in [4.78, 5) is 38.2. The first-order valence-electron chi connectivity index (χ1n) is 10.4. The monoisotopic (exact) mass is 592 g/mol. The lowest BCUT2D eigenvalue weighted by Gasteiger charge is -2.13. The van der Waals surface area contributed by atoms with E-state index in [1.165, 1.54) is 6.08 Å². The number of rotatable bonds is 7. The highest BCUT2D eigenvalue weighted by Gasteiger charge is 2.36. The van der Waals surface area contributed by atoms with E-state index in [1.54, 1.807) is 30.3 Å². The summed E-state index contributed by atoms with van der Waals surface area (Å²) in [7, 11) is 0. The average Bonchev–Trinajstić information content (AvgIpc) is 3.08. The molecule has 1 N–H and O–H groups in total. The van der Waals surface area contributed by atoms with Gasteiger partial charge in [0.2, 0.25) is 5.91 Å². The van der Waals surface area contributed by atoms with Gasteiger partial charge in [0.1, 0.15) is 30.5 Å². The highest BCUT2D eigenvalue weighted by molar-refractivity contribution is 9.10. The van der Waals surface area contributed by atoms with Gasteiger partial charge in [0, 0.05) is 11.1 Å². The molecule has 0 aliphatic carbocycles. The minimum Gasteiger partial charge on any atom is -0.488 e. The Hall–Kier alpha value is -3.21. The van der Waals surface area contributed by atoms with Crippen LogP contribution in [-0.4, -0.2) is 28.5 Å². The third-order valence-corrected chi connectivity index (χ3v) is 6.72. The number of thioether (sulfide) groups is 1. The quantitative estimate of drug-likeness (QED) is 0.311. The molecule has 0 saturated carbocycles. The van der Waals surface area contributed by atoms with Crippen molar-refractivity contribution < 1.29 is 27.9 Å². The normalized spacial score (nSPS) is 14.4.